The summed E-state index contributed by atoms with van der Waals surface area (Å²) in [6, 6.07) is 21.2. The number of rotatable bonds is 4. The molecule has 3 aromatic rings. The van der Waals surface area contributed by atoms with Crippen LogP contribution in [0.3, 0.4) is 0 Å². The molecule has 5 nitrogen and oxygen atoms in total. The number of piperazine rings is 1. The van der Waals surface area contributed by atoms with E-state index in [1.165, 1.54) is 11.3 Å². The lowest BCUT2D eigenvalue weighted by molar-refractivity contribution is 0.270. The van der Waals surface area contributed by atoms with Crippen LogP contribution in [-0.2, 0) is 6.42 Å². The SMILES string of the molecule is CCN1CCN(c2cc(-c3ccccc3)nc(N3CCc4ccccc43)n2)CC1. The van der Waals surface area contributed by atoms with Gasteiger partial charge < -0.3 is 14.7 Å². The smallest absolute Gasteiger partial charge is 0.232 e. The van der Waals surface area contributed by atoms with E-state index in [1.807, 2.05) is 6.07 Å². The molecule has 0 saturated carbocycles. The molecule has 0 N–H and O–H groups in total. The van der Waals surface area contributed by atoms with Crippen molar-refractivity contribution in [2.45, 2.75) is 13.3 Å². The Kier molecular flexibility index (Phi) is 4.90. The highest BCUT2D eigenvalue weighted by atomic mass is 15.3. The zero-order valence-electron chi connectivity index (χ0n) is 17.0. The van der Waals surface area contributed by atoms with E-state index in [2.05, 4.69) is 76.2 Å². The van der Waals surface area contributed by atoms with Gasteiger partial charge in [0.15, 0.2) is 0 Å². The monoisotopic (exact) mass is 385 g/mol. The third kappa shape index (κ3) is 3.58. The summed E-state index contributed by atoms with van der Waals surface area (Å²) >= 11 is 0. The fourth-order valence-electron chi connectivity index (χ4n) is 4.30. The first-order valence-electron chi connectivity index (χ1n) is 10.6. The van der Waals surface area contributed by atoms with Gasteiger partial charge in [-0.15, -0.1) is 0 Å². The second kappa shape index (κ2) is 7.84. The van der Waals surface area contributed by atoms with Crippen molar-refractivity contribution in [1.29, 1.82) is 0 Å². The zero-order valence-corrected chi connectivity index (χ0v) is 17.0. The van der Waals surface area contributed by atoms with Crippen LogP contribution in [0.1, 0.15) is 12.5 Å². The second-order valence-corrected chi connectivity index (χ2v) is 7.73. The summed E-state index contributed by atoms with van der Waals surface area (Å²) in [5.41, 5.74) is 4.74. The van der Waals surface area contributed by atoms with Gasteiger partial charge in [-0.25, -0.2) is 4.98 Å². The number of fused-ring (bicyclic) bond motifs is 1. The number of benzene rings is 2. The van der Waals surface area contributed by atoms with Crippen LogP contribution in [-0.4, -0.2) is 54.1 Å². The molecule has 0 bridgehead atoms. The van der Waals surface area contributed by atoms with Crippen LogP contribution in [0.4, 0.5) is 17.5 Å². The Balaban J connectivity index is 1.55. The molecule has 2 aromatic carbocycles. The maximum absolute atomic E-state index is 5.04. The minimum Gasteiger partial charge on any atom is -0.354 e. The van der Waals surface area contributed by atoms with Crippen molar-refractivity contribution >= 4 is 17.5 Å². The summed E-state index contributed by atoms with van der Waals surface area (Å²) in [5.74, 6) is 1.85. The summed E-state index contributed by atoms with van der Waals surface area (Å²) < 4.78 is 0. The number of hydrogen-bond donors (Lipinski definition) is 0. The first-order valence-corrected chi connectivity index (χ1v) is 10.6. The fraction of sp³-hybridized carbons (Fsp3) is 0.333. The third-order valence-electron chi connectivity index (χ3n) is 6.04. The minimum absolute atomic E-state index is 0.809. The minimum atomic E-state index is 0.809. The molecule has 0 unspecified atom stereocenters. The molecule has 0 spiro atoms. The maximum Gasteiger partial charge on any atom is 0.232 e. The summed E-state index contributed by atoms with van der Waals surface area (Å²) in [6.07, 6.45) is 1.04. The summed E-state index contributed by atoms with van der Waals surface area (Å²) in [4.78, 5) is 17.2. The lowest BCUT2D eigenvalue weighted by Crippen LogP contribution is -2.46. The van der Waals surface area contributed by atoms with Crippen molar-refractivity contribution in [2.75, 3.05) is 49.1 Å². The Morgan fingerprint density at radius 2 is 1.59 bits per heavy atom. The first kappa shape index (κ1) is 18.1. The van der Waals surface area contributed by atoms with E-state index in [0.29, 0.717) is 0 Å². The standard InChI is InChI=1S/C24H27N5/c1-2-27-14-16-28(17-15-27)23-18-21(19-8-4-3-5-9-19)25-24(26-23)29-13-12-20-10-6-7-11-22(20)29/h3-11,18H,2,12-17H2,1H3. The van der Waals surface area contributed by atoms with Crippen molar-refractivity contribution in [3.8, 4) is 11.3 Å². The van der Waals surface area contributed by atoms with Gasteiger partial charge in [0.1, 0.15) is 5.82 Å². The van der Waals surface area contributed by atoms with Gasteiger partial charge in [0, 0.05) is 50.0 Å². The molecule has 2 aliphatic heterocycles. The molecule has 148 valence electrons. The second-order valence-electron chi connectivity index (χ2n) is 7.73. The number of anilines is 3. The highest BCUT2D eigenvalue weighted by Gasteiger charge is 2.25. The van der Waals surface area contributed by atoms with Gasteiger partial charge in [0.25, 0.3) is 0 Å². The van der Waals surface area contributed by atoms with E-state index in [1.54, 1.807) is 0 Å². The van der Waals surface area contributed by atoms with Crippen LogP contribution in [0, 0.1) is 0 Å². The molecule has 5 rings (SSSR count). The summed E-state index contributed by atoms with van der Waals surface area (Å²) in [7, 11) is 0. The van der Waals surface area contributed by atoms with E-state index in [9.17, 15) is 0 Å². The van der Waals surface area contributed by atoms with Crippen LogP contribution in [0.15, 0.2) is 60.7 Å². The number of para-hydroxylation sites is 1. The van der Waals surface area contributed by atoms with Crippen molar-refractivity contribution in [1.82, 2.24) is 14.9 Å². The van der Waals surface area contributed by atoms with Crippen LogP contribution < -0.4 is 9.80 Å². The molecule has 2 aliphatic rings. The normalized spacial score (nSPS) is 16.9. The van der Waals surface area contributed by atoms with Gasteiger partial charge in [-0.2, -0.15) is 4.98 Å². The third-order valence-corrected chi connectivity index (χ3v) is 6.04. The molecule has 3 heterocycles. The Morgan fingerprint density at radius 3 is 2.38 bits per heavy atom. The Labute approximate surface area is 172 Å². The number of hydrogen-bond acceptors (Lipinski definition) is 5. The molecule has 0 atom stereocenters. The zero-order chi connectivity index (χ0) is 19.6. The topological polar surface area (TPSA) is 35.5 Å². The predicted octanol–water partition coefficient (Wildman–Crippen LogP) is 3.98. The van der Waals surface area contributed by atoms with E-state index in [0.717, 1.165) is 68.7 Å². The Hall–Kier alpha value is -2.92. The molecule has 1 aromatic heterocycles. The summed E-state index contributed by atoms with van der Waals surface area (Å²) in [6.45, 7) is 8.47. The average Bonchev–Trinajstić information content (AvgIpc) is 3.24. The predicted molar refractivity (Wildman–Crippen MR) is 119 cm³/mol. The van der Waals surface area contributed by atoms with Crippen molar-refractivity contribution < 1.29 is 0 Å². The highest BCUT2D eigenvalue weighted by molar-refractivity contribution is 5.70. The van der Waals surface area contributed by atoms with Crippen LogP contribution >= 0.6 is 0 Å². The van der Waals surface area contributed by atoms with Gasteiger partial charge >= 0.3 is 0 Å². The lowest BCUT2D eigenvalue weighted by Gasteiger charge is -2.35. The molecule has 5 heteroatoms. The van der Waals surface area contributed by atoms with Gasteiger partial charge in [-0.3, -0.25) is 0 Å². The van der Waals surface area contributed by atoms with E-state index >= 15 is 0 Å². The highest BCUT2D eigenvalue weighted by Crippen LogP contribution is 2.34. The average molecular weight is 386 g/mol. The van der Waals surface area contributed by atoms with Crippen LogP contribution in [0.2, 0.25) is 0 Å². The first-order chi connectivity index (χ1) is 14.3. The molecule has 29 heavy (non-hydrogen) atoms. The van der Waals surface area contributed by atoms with Gasteiger partial charge in [0.05, 0.1) is 5.69 Å². The number of nitrogens with zero attached hydrogens (tertiary/aromatic N) is 5. The van der Waals surface area contributed by atoms with Gasteiger partial charge in [0.2, 0.25) is 5.95 Å². The molecular formula is C24H27N5. The Morgan fingerprint density at radius 1 is 0.828 bits per heavy atom. The molecule has 0 aliphatic carbocycles. The molecule has 1 saturated heterocycles. The largest absolute Gasteiger partial charge is 0.354 e. The molecule has 1 fully saturated rings. The van der Waals surface area contributed by atoms with E-state index in [4.69, 9.17) is 9.97 Å². The molecule has 0 radical (unpaired) electrons. The quantitative estimate of drug-likeness (QED) is 0.679. The fourth-order valence-corrected chi connectivity index (χ4v) is 4.30. The van der Waals surface area contributed by atoms with Crippen molar-refractivity contribution in [3.05, 3.63) is 66.2 Å². The lowest BCUT2D eigenvalue weighted by atomic mass is 10.1. The van der Waals surface area contributed by atoms with Gasteiger partial charge in [-0.1, -0.05) is 55.5 Å². The molecule has 0 amide bonds. The Bertz CT molecular complexity index is 980. The number of likely N-dealkylation sites (N-methyl/N-ethyl adjacent to an activating group) is 1. The number of aromatic nitrogens is 2. The van der Waals surface area contributed by atoms with Gasteiger partial charge in [-0.05, 0) is 24.6 Å². The van der Waals surface area contributed by atoms with Crippen molar-refractivity contribution in [2.24, 2.45) is 0 Å². The maximum atomic E-state index is 5.04. The van der Waals surface area contributed by atoms with Crippen LogP contribution in [0.25, 0.3) is 11.3 Å². The van der Waals surface area contributed by atoms with Crippen LogP contribution in [0.5, 0.6) is 0 Å². The van der Waals surface area contributed by atoms with Crippen molar-refractivity contribution in [3.63, 3.8) is 0 Å². The van der Waals surface area contributed by atoms with E-state index < -0.39 is 0 Å². The molecular weight excluding hydrogens is 358 g/mol. The van der Waals surface area contributed by atoms with E-state index in [-0.39, 0.29) is 0 Å². The summed E-state index contributed by atoms with van der Waals surface area (Å²) in [5, 5.41) is 0.